The van der Waals surface area contributed by atoms with E-state index in [0.29, 0.717) is 11.9 Å². The summed E-state index contributed by atoms with van der Waals surface area (Å²) in [5, 5.41) is 18.4. The lowest BCUT2D eigenvalue weighted by molar-refractivity contribution is 0.0690. The summed E-state index contributed by atoms with van der Waals surface area (Å²) in [5.41, 5.74) is 3.04. The number of aryl methyl sites for hydroxylation is 2. The van der Waals surface area contributed by atoms with E-state index in [1.807, 2.05) is 26.0 Å². The molecule has 2 heterocycles. The van der Waals surface area contributed by atoms with E-state index in [2.05, 4.69) is 28.1 Å². The fraction of sp³-hybridized carbons (Fsp3) is 0.500. The molecule has 6 heteroatoms. The zero-order chi connectivity index (χ0) is 17.3. The van der Waals surface area contributed by atoms with Crippen LogP contribution in [0.4, 0.5) is 5.82 Å². The molecule has 1 aliphatic rings. The molecular formula is C18H24N4O2. The molecule has 1 aromatic carbocycles. The number of hydrogen-bond acceptors (Lipinski definition) is 4. The number of piperidine rings is 1. The van der Waals surface area contributed by atoms with Gasteiger partial charge in [0.15, 0.2) is 5.82 Å². The lowest BCUT2D eigenvalue weighted by Gasteiger charge is -2.35. The number of rotatable bonds is 4. The molecule has 1 saturated heterocycles. The van der Waals surface area contributed by atoms with E-state index in [1.54, 1.807) is 0 Å². The molecule has 0 spiro atoms. The monoisotopic (exact) mass is 328 g/mol. The Balaban J connectivity index is 2.06. The highest BCUT2D eigenvalue weighted by Crippen LogP contribution is 2.28. The maximum atomic E-state index is 11.7. The molecule has 2 aromatic rings. The van der Waals surface area contributed by atoms with Gasteiger partial charge in [-0.3, -0.25) is 0 Å². The van der Waals surface area contributed by atoms with Crippen molar-refractivity contribution in [3.05, 3.63) is 35.0 Å². The number of carboxylic acid groups (broad SMARTS) is 1. The van der Waals surface area contributed by atoms with Crippen molar-refractivity contribution >= 4 is 11.8 Å². The maximum Gasteiger partial charge on any atom is 0.360 e. The first-order valence-corrected chi connectivity index (χ1v) is 8.56. The van der Waals surface area contributed by atoms with Crippen molar-refractivity contribution in [3.63, 3.8) is 0 Å². The highest BCUT2D eigenvalue weighted by Gasteiger charge is 2.29. The fourth-order valence-electron chi connectivity index (χ4n) is 3.47. The lowest BCUT2D eigenvalue weighted by atomic mass is 10.00. The minimum atomic E-state index is -1.03. The Labute approximate surface area is 142 Å². The van der Waals surface area contributed by atoms with Gasteiger partial charge in [0.2, 0.25) is 5.69 Å². The third-order valence-electron chi connectivity index (χ3n) is 4.74. The molecule has 0 radical (unpaired) electrons. The van der Waals surface area contributed by atoms with E-state index >= 15 is 0 Å². The molecule has 1 unspecified atom stereocenters. The molecule has 1 aromatic heterocycles. The van der Waals surface area contributed by atoms with Gasteiger partial charge in [0.25, 0.3) is 0 Å². The van der Waals surface area contributed by atoms with Crippen LogP contribution in [0.25, 0.3) is 5.69 Å². The zero-order valence-corrected chi connectivity index (χ0v) is 14.5. The van der Waals surface area contributed by atoms with Gasteiger partial charge in [-0.1, -0.05) is 24.6 Å². The Morgan fingerprint density at radius 2 is 2.08 bits per heavy atom. The third-order valence-corrected chi connectivity index (χ3v) is 4.74. The predicted molar refractivity (Wildman–Crippen MR) is 93.1 cm³/mol. The van der Waals surface area contributed by atoms with Gasteiger partial charge in [-0.15, -0.1) is 15.0 Å². The third kappa shape index (κ3) is 3.00. The molecule has 1 fully saturated rings. The van der Waals surface area contributed by atoms with Gasteiger partial charge in [0.1, 0.15) is 0 Å². The van der Waals surface area contributed by atoms with E-state index < -0.39 is 5.97 Å². The van der Waals surface area contributed by atoms with Crippen LogP contribution < -0.4 is 4.90 Å². The van der Waals surface area contributed by atoms with Crippen molar-refractivity contribution in [3.8, 4) is 5.69 Å². The molecule has 0 saturated carbocycles. The smallest absolute Gasteiger partial charge is 0.360 e. The molecule has 3 rings (SSSR count). The van der Waals surface area contributed by atoms with Crippen LogP contribution in [0.2, 0.25) is 0 Å². The van der Waals surface area contributed by atoms with Gasteiger partial charge < -0.3 is 10.0 Å². The van der Waals surface area contributed by atoms with Crippen molar-refractivity contribution in [1.29, 1.82) is 0 Å². The van der Waals surface area contributed by atoms with Gasteiger partial charge in [0.05, 0.1) is 5.69 Å². The van der Waals surface area contributed by atoms with Gasteiger partial charge in [0, 0.05) is 12.6 Å². The number of aromatic nitrogens is 3. The summed E-state index contributed by atoms with van der Waals surface area (Å²) in [5.74, 6) is -0.532. The van der Waals surface area contributed by atoms with Crippen molar-refractivity contribution in [2.75, 3.05) is 11.4 Å². The molecule has 24 heavy (non-hydrogen) atoms. The van der Waals surface area contributed by atoms with Crippen LogP contribution in [0.5, 0.6) is 0 Å². The molecule has 1 N–H and O–H groups in total. The van der Waals surface area contributed by atoms with E-state index in [0.717, 1.165) is 42.6 Å². The standard InChI is InChI=1S/C18H24N4O2/c1-4-14-7-5-6-10-21(14)17-16(18(23)24)19-22(20-17)15-9-8-12(2)11-13(15)3/h8-9,11,14H,4-7,10H2,1-3H3,(H,23,24). The Morgan fingerprint density at radius 1 is 1.29 bits per heavy atom. The Morgan fingerprint density at radius 3 is 2.75 bits per heavy atom. The first-order chi connectivity index (χ1) is 11.5. The summed E-state index contributed by atoms with van der Waals surface area (Å²) < 4.78 is 0. The number of anilines is 1. The van der Waals surface area contributed by atoms with E-state index in [1.165, 1.54) is 11.2 Å². The highest BCUT2D eigenvalue weighted by molar-refractivity contribution is 5.91. The van der Waals surface area contributed by atoms with Gasteiger partial charge >= 0.3 is 5.97 Å². The van der Waals surface area contributed by atoms with Gasteiger partial charge in [-0.2, -0.15) is 0 Å². The average molecular weight is 328 g/mol. The minimum Gasteiger partial charge on any atom is -0.476 e. The minimum absolute atomic E-state index is 0.0373. The number of carboxylic acids is 1. The topological polar surface area (TPSA) is 71.2 Å². The predicted octanol–water partition coefficient (Wildman–Crippen LogP) is 3.35. The Bertz CT molecular complexity index is 753. The summed E-state index contributed by atoms with van der Waals surface area (Å²) >= 11 is 0. The van der Waals surface area contributed by atoms with Crippen molar-refractivity contribution in [2.24, 2.45) is 0 Å². The van der Waals surface area contributed by atoms with E-state index in [4.69, 9.17) is 0 Å². The molecule has 0 aliphatic carbocycles. The number of carbonyl (C=O) groups is 1. The van der Waals surface area contributed by atoms with E-state index in [-0.39, 0.29) is 5.69 Å². The van der Waals surface area contributed by atoms with Crippen LogP contribution in [0.15, 0.2) is 18.2 Å². The number of benzene rings is 1. The summed E-state index contributed by atoms with van der Waals surface area (Å²) in [6.07, 6.45) is 4.30. The van der Waals surface area contributed by atoms with Crippen LogP contribution >= 0.6 is 0 Å². The summed E-state index contributed by atoms with van der Waals surface area (Å²) in [7, 11) is 0. The molecule has 0 bridgehead atoms. The number of hydrogen-bond donors (Lipinski definition) is 1. The summed E-state index contributed by atoms with van der Waals surface area (Å²) in [6.45, 7) is 6.99. The second-order valence-corrected chi connectivity index (χ2v) is 6.51. The normalized spacial score (nSPS) is 18.0. The number of nitrogens with zero attached hydrogens (tertiary/aromatic N) is 4. The first-order valence-electron chi connectivity index (χ1n) is 8.56. The Hall–Kier alpha value is -2.37. The SMILES string of the molecule is CCC1CCCCN1c1nn(-c2ccc(C)cc2C)nc1C(=O)O. The summed E-state index contributed by atoms with van der Waals surface area (Å²) in [4.78, 5) is 15.3. The molecule has 1 aliphatic heterocycles. The largest absolute Gasteiger partial charge is 0.476 e. The quantitative estimate of drug-likeness (QED) is 0.932. The zero-order valence-electron chi connectivity index (χ0n) is 14.5. The van der Waals surface area contributed by atoms with Crippen molar-refractivity contribution in [2.45, 2.75) is 52.5 Å². The first kappa shape index (κ1) is 16.5. The van der Waals surface area contributed by atoms with Gasteiger partial charge in [-0.25, -0.2) is 4.79 Å². The maximum absolute atomic E-state index is 11.7. The van der Waals surface area contributed by atoms with Crippen molar-refractivity contribution in [1.82, 2.24) is 15.0 Å². The average Bonchev–Trinajstić information content (AvgIpc) is 3.00. The van der Waals surface area contributed by atoms with Crippen LogP contribution in [-0.4, -0.2) is 38.7 Å². The second-order valence-electron chi connectivity index (χ2n) is 6.51. The Kier molecular flexibility index (Phi) is 4.55. The van der Waals surface area contributed by atoms with Crippen molar-refractivity contribution < 1.29 is 9.90 Å². The number of aromatic carboxylic acids is 1. The summed E-state index contributed by atoms with van der Waals surface area (Å²) in [6, 6.07) is 6.31. The molecule has 6 nitrogen and oxygen atoms in total. The molecule has 0 amide bonds. The molecule has 1 atom stereocenters. The highest BCUT2D eigenvalue weighted by atomic mass is 16.4. The van der Waals surface area contributed by atoms with Crippen LogP contribution in [0, 0.1) is 13.8 Å². The van der Waals surface area contributed by atoms with Gasteiger partial charge in [-0.05, 0) is 51.2 Å². The second kappa shape index (κ2) is 6.63. The van der Waals surface area contributed by atoms with Crippen LogP contribution in [0.1, 0.15) is 54.2 Å². The van der Waals surface area contributed by atoms with Crippen LogP contribution in [0.3, 0.4) is 0 Å². The fourth-order valence-corrected chi connectivity index (χ4v) is 3.47. The molecule has 128 valence electrons. The van der Waals surface area contributed by atoms with E-state index in [9.17, 15) is 9.90 Å². The lowest BCUT2D eigenvalue weighted by Crippen LogP contribution is -2.40. The molecular weight excluding hydrogens is 304 g/mol. The van der Waals surface area contributed by atoms with Crippen LogP contribution in [-0.2, 0) is 0 Å².